The lowest BCUT2D eigenvalue weighted by atomic mass is 9.48. The number of nitrogens with one attached hydrogen (secondary N) is 1. The number of thiazole rings is 1. The van der Waals surface area contributed by atoms with Crippen LogP contribution in [0.5, 0.6) is 5.75 Å². The van der Waals surface area contributed by atoms with Crippen LogP contribution in [0.25, 0.3) is 21.9 Å². The van der Waals surface area contributed by atoms with Crippen molar-refractivity contribution in [3.05, 3.63) is 59.1 Å². The van der Waals surface area contributed by atoms with Crippen LogP contribution in [-0.2, 0) is 4.79 Å². The highest BCUT2D eigenvalue weighted by molar-refractivity contribution is 7.19. The maximum Gasteiger partial charge on any atom is 0.224 e. The molecule has 4 bridgehead atoms. The van der Waals surface area contributed by atoms with E-state index in [9.17, 15) is 4.79 Å². The second kappa shape index (κ2) is 9.09. The third kappa shape index (κ3) is 4.40. The molecule has 0 spiro atoms. The van der Waals surface area contributed by atoms with Gasteiger partial charge in [-0.2, -0.15) is 0 Å². The van der Waals surface area contributed by atoms with Crippen LogP contribution in [0.2, 0.25) is 0 Å². The molecule has 35 heavy (non-hydrogen) atoms. The number of aromatic nitrogens is 1. The largest absolute Gasteiger partial charge is 0.496 e. The molecule has 0 aliphatic heterocycles. The molecule has 1 amide bonds. The zero-order valence-corrected chi connectivity index (χ0v) is 21.4. The summed E-state index contributed by atoms with van der Waals surface area (Å²) in [6.45, 7) is 2.26. The van der Waals surface area contributed by atoms with Gasteiger partial charge in [-0.25, -0.2) is 4.98 Å². The van der Waals surface area contributed by atoms with Gasteiger partial charge < -0.3 is 10.1 Å². The van der Waals surface area contributed by atoms with Gasteiger partial charge in [0.25, 0.3) is 0 Å². The molecular formula is C30H34N2O2S. The van der Waals surface area contributed by atoms with Crippen LogP contribution in [0.1, 0.15) is 62.4 Å². The minimum absolute atomic E-state index is 0.0913. The van der Waals surface area contributed by atoms with Gasteiger partial charge >= 0.3 is 0 Å². The van der Waals surface area contributed by atoms with Crippen LogP contribution in [0.4, 0.5) is 0 Å². The molecule has 5 heteroatoms. The normalized spacial score (nSPS) is 28.3. The number of carbonyl (C=O) groups excluding carboxylic acids is 1. The van der Waals surface area contributed by atoms with E-state index in [1.807, 2.05) is 42.5 Å². The standard InChI is InChI=1S/C30H34N2O2S/c1-19(30-16-20-11-21(17-30)13-22(12-20)18-30)31-28(33)15-24(14-23-7-3-5-9-26(23)34-2)29-32-25-8-4-6-10-27(25)35-29/h3-10,14,19-22H,11-13,15-18H2,1-2H3,(H,31,33)/b24-14-/t19-,20?,21?,22?,30?/m1/s1. The van der Waals surface area contributed by atoms with E-state index in [4.69, 9.17) is 9.72 Å². The number of carbonyl (C=O) groups is 1. The first-order chi connectivity index (χ1) is 17.0. The van der Waals surface area contributed by atoms with Gasteiger partial charge in [0, 0.05) is 11.6 Å². The fourth-order valence-electron chi connectivity index (χ4n) is 7.50. The van der Waals surface area contributed by atoms with Crippen LogP contribution >= 0.6 is 11.3 Å². The Kier molecular flexibility index (Phi) is 5.92. The predicted octanol–water partition coefficient (Wildman–Crippen LogP) is 6.96. The molecular weight excluding hydrogens is 452 g/mol. The Bertz CT molecular complexity index is 1210. The Morgan fingerprint density at radius 3 is 2.43 bits per heavy atom. The van der Waals surface area contributed by atoms with E-state index in [0.29, 0.717) is 11.8 Å². The molecule has 4 aliphatic carbocycles. The lowest BCUT2D eigenvalue weighted by Crippen LogP contribution is -2.55. The molecule has 2 aromatic carbocycles. The minimum atomic E-state index is 0.0913. The van der Waals surface area contributed by atoms with Crippen molar-refractivity contribution >= 4 is 39.1 Å². The van der Waals surface area contributed by atoms with Crippen molar-refractivity contribution < 1.29 is 9.53 Å². The van der Waals surface area contributed by atoms with Crippen molar-refractivity contribution in [3.8, 4) is 5.75 Å². The molecule has 0 radical (unpaired) electrons. The van der Waals surface area contributed by atoms with Gasteiger partial charge in [-0.1, -0.05) is 30.3 Å². The number of rotatable bonds is 7. The van der Waals surface area contributed by atoms with Crippen molar-refractivity contribution in [2.24, 2.45) is 23.2 Å². The van der Waals surface area contributed by atoms with Crippen molar-refractivity contribution in [1.82, 2.24) is 10.3 Å². The van der Waals surface area contributed by atoms with Crippen molar-refractivity contribution in [1.29, 1.82) is 0 Å². The van der Waals surface area contributed by atoms with Gasteiger partial charge in [-0.05, 0) is 98.5 Å². The number of nitrogens with zero attached hydrogens (tertiary/aromatic N) is 1. The lowest BCUT2D eigenvalue weighted by molar-refractivity contribution is -0.124. The molecule has 1 N–H and O–H groups in total. The summed E-state index contributed by atoms with van der Waals surface area (Å²) in [5.41, 5.74) is 3.17. The lowest BCUT2D eigenvalue weighted by Gasteiger charge is -2.59. The first-order valence-corrected chi connectivity index (χ1v) is 13.8. The van der Waals surface area contributed by atoms with E-state index in [1.165, 1.54) is 38.5 Å². The summed E-state index contributed by atoms with van der Waals surface area (Å²) < 4.78 is 6.72. The van der Waals surface area contributed by atoms with Crippen LogP contribution in [0.15, 0.2) is 48.5 Å². The maximum atomic E-state index is 13.5. The van der Waals surface area contributed by atoms with Crippen molar-refractivity contribution in [2.75, 3.05) is 7.11 Å². The minimum Gasteiger partial charge on any atom is -0.496 e. The van der Waals surface area contributed by atoms with Crippen molar-refractivity contribution in [2.45, 2.75) is 57.9 Å². The molecule has 1 aromatic heterocycles. The Morgan fingerprint density at radius 1 is 1.09 bits per heavy atom. The topological polar surface area (TPSA) is 51.2 Å². The van der Waals surface area contributed by atoms with Crippen LogP contribution in [0.3, 0.4) is 0 Å². The van der Waals surface area contributed by atoms with Gasteiger partial charge in [-0.3, -0.25) is 4.79 Å². The van der Waals surface area contributed by atoms with E-state index in [0.717, 1.165) is 49.9 Å². The smallest absolute Gasteiger partial charge is 0.224 e. The van der Waals surface area contributed by atoms with E-state index < -0.39 is 0 Å². The van der Waals surface area contributed by atoms with Crippen molar-refractivity contribution in [3.63, 3.8) is 0 Å². The zero-order chi connectivity index (χ0) is 24.0. The highest BCUT2D eigenvalue weighted by Gasteiger charge is 2.53. The number of hydrogen-bond acceptors (Lipinski definition) is 4. The fourth-order valence-corrected chi connectivity index (χ4v) is 8.48. The molecule has 1 heterocycles. The number of methoxy groups -OCH3 is 1. The van der Waals surface area contributed by atoms with E-state index in [2.05, 4.69) is 24.4 Å². The fraction of sp³-hybridized carbons (Fsp3) is 0.467. The summed E-state index contributed by atoms with van der Waals surface area (Å²) in [5, 5.41) is 4.35. The number of amides is 1. The van der Waals surface area contributed by atoms with E-state index >= 15 is 0 Å². The predicted molar refractivity (Wildman–Crippen MR) is 143 cm³/mol. The van der Waals surface area contributed by atoms with Gasteiger partial charge in [-0.15, -0.1) is 11.3 Å². The third-order valence-electron chi connectivity index (χ3n) is 8.77. The molecule has 0 unspecified atom stereocenters. The molecule has 4 saturated carbocycles. The zero-order valence-electron chi connectivity index (χ0n) is 20.6. The number of benzene rings is 2. The van der Waals surface area contributed by atoms with Gasteiger partial charge in [0.05, 0.1) is 23.7 Å². The molecule has 0 saturated heterocycles. The monoisotopic (exact) mass is 486 g/mol. The summed E-state index contributed by atoms with van der Waals surface area (Å²) in [5.74, 6) is 3.53. The summed E-state index contributed by atoms with van der Waals surface area (Å²) >= 11 is 1.65. The number of fused-ring (bicyclic) bond motifs is 1. The Hall–Kier alpha value is -2.66. The third-order valence-corrected chi connectivity index (χ3v) is 9.88. The van der Waals surface area contributed by atoms with Crippen LogP contribution < -0.4 is 10.1 Å². The average Bonchev–Trinajstić information content (AvgIpc) is 3.27. The summed E-state index contributed by atoms with van der Waals surface area (Å²) in [6, 6.07) is 16.3. The summed E-state index contributed by atoms with van der Waals surface area (Å²) in [4.78, 5) is 18.4. The molecule has 4 aliphatic rings. The quantitative estimate of drug-likeness (QED) is 0.393. The average molecular weight is 487 g/mol. The Morgan fingerprint density at radius 2 is 1.74 bits per heavy atom. The first kappa shape index (κ1) is 22.8. The first-order valence-electron chi connectivity index (χ1n) is 13.0. The van der Waals surface area contributed by atoms with Gasteiger partial charge in [0.2, 0.25) is 5.91 Å². The summed E-state index contributed by atoms with van der Waals surface area (Å²) in [6.07, 6.45) is 10.5. The summed E-state index contributed by atoms with van der Waals surface area (Å²) in [7, 11) is 1.68. The maximum absolute atomic E-state index is 13.5. The highest BCUT2D eigenvalue weighted by Crippen LogP contribution is 2.61. The molecule has 1 atom stereocenters. The van der Waals surface area contributed by atoms with Gasteiger partial charge in [0.1, 0.15) is 10.8 Å². The molecule has 182 valence electrons. The van der Waals surface area contributed by atoms with Gasteiger partial charge in [0.15, 0.2) is 0 Å². The van der Waals surface area contributed by atoms with E-state index in [-0.39, 0.29) is 11.9 Å². The highest BCUT2D eigenvalue weighted by atomic mass is 32.1. The molecule has 3 aromatic rings. The number of para-hydroxylation sites is 2. The molecule has 4 fully saturated rings. The SMILES string of the molecule is COc1ccccc1/C=C(/CC(=O)N[C@H](C)C12CC3CC(CC(C3)C1)C2)c1nc2ccccc2s1. The number of ether oxygens (including phenoxy) is 1. The Labute approximate surface area is 211 Å². The Balaban J connectivity index is 1.26. The van der Waals surface area contributed by atoms with Crippen LogP contribution in [0, 0.1) is 23.2 Å². The molecule has 4 nitrogen and oxygen atoms in total. The van der Waals surface area contributed by atoms with Crippen LogP contribution in [-0.4, -0.2) is 24.0 Å². The molecule has 7 rings (SSSR count). The second-order valence-electron chi connectivity index (χ2n) is 11.1. The van der Waals surface area contributed by atoms with E-state index in [1.54, 1.807) is 18.4 Å². The second-order valence-corrected chi connectivity index (χ2v) is 12.2. The number of hydrogen-bond donors (Lipinski definition) is 1.